The molecule has 2 rings (SSSR count). The molecular weight excluding hydrogens is 284 g/mol. The third kappa shape index (κ3) is 3.29. The van der Waals surface area contributed by atoms with Crippen molar-refractivity contribution in [2.75, 3.05) is 6.54 Å². The summed E-state index contributed by atoms with van der Waals surface area (Å²) < 4.78 is 27.3. The van der Waals surface area contributed by atoms with E-state index in [1.165, 1.54) is 6.07 Å². The zero-order valence-corrected chi connectivity index (χ0v) is 11.1. The molecule has 1 fully saturated rings. The Morgan fingerprint density at radius 1 is 1.24 bits per heavy atom. The normalized spacial score (nSPS) is 22.1. The molecule has 1 aromatic rings. The fourth-order valence-electron chi connectivity index (χ4n) is 2.68. The van der Waals surface area contributed by atoms with Crippen LogP contribution in [0.1, 0.15) is 18.4 Å². The molecule has 2 atom stereocenters. The summed E-state index contributed by atoms with van der Waals surface area (Å²) in [6.07, 6.45) is -1.12. The van der Waals surface area contributed by atoms with Gasteiger partial charge in [0.15, 0.2) is 0 Å². The lowest BCUT2D eigenvalue weighted by Crippen LogP contribution is -2.48. The highest BCUT2D eigenvalue weighted by atomic mass is 19.1. The van der Waals surface area contributed by atoms with E-state index in [2.05, 4.69) is 0 Å². The van der Waals surface area contributed by atoms with Gasteiger partial charge in [-0.3, -0.25) is 4.79 Å². The lowest BCUT2D eigenvalue weighted by Gasteiger charge is -2.36. The highest BCUT2D eigenvalue weighted by molar-refractivity contribution is 5.71. The molecule has 1 amide bonds. The van der Waals surface area contributed by atoms with E-state index < -0.39 is 35.7 Å². The van der Waals surface area contributed by atoms with Crippen LogP contribution < -0.4 is 0 Å². The van der Waals surface area contributed by atoms with Crippen molar-refractivity contribution in [1.82, 2.24) is 4.90 Å². The molecule has 1 aliphatic heterocycles. The van der Waals surface area contributed by atoms with Gasteiger partial charge in [-0.25, -0.2) is 13.6 Å². The molecule has 114 valence electrons. The fourth-order valence-corrected chi connectivity index (χ4v) is 2.68. The molecule has 0 bridgehead atoms. The second kappa shape index (κ2) is 6.07. The van der Waals surface area contributed by atoms with E-state index in [1.807, 2.05) is 0 Å². The van der Waals surface area contributed by atoms with Gasteiger partial charge in [-0.15, -0.1) is 0 Å². The van der Waals surface area contributed by atoms with Crippen molar-refractivity contribution in [3.05, 3.63) is 35.4 Å². The SMILES string of the molecule is O=C(O)C1CCN(C(=O)O)C(Cc2c(F)cccc2F)C1. The number of carboxylic acid groups (broad SMARTS) is 2. The van der Waals surface area contributed by atoms with Gasteiger partial charge in [-0.05, 0) is 31.4 Å². The van der Waals surface area contributed by atoms with Crippen LogP contribution in [0.3, 0.4) is 0 Å². The number of halogens is 2. The molecule has 5 nitrogen and oxygen atoms in total. The number of carboxylic acids is 1. The van der Waals surface area contributed by atoms with Crippen molar-refractivity contribution in [1.29, 1.82) is 0 Å². The molecule has 0 aliphatic carbocycles. The van der Waals surface area contributed by atoms with Crippen molar-refractivity contribution < 1.29 is 28.6 Å². The van der Waals surface area contributed by atoms with Gasteiger partial charge in [0.1, 0.15) is 11.6 Å². The number of aliphatic carboxylic acids is 1. The zero-order valence-electron chi connectivity index (χ0n) is 11.1. The van der Waals surface area contributed by atoms with Crippen LogP contribution in [-0.2, 0) is 11.2 Å². The lowest BCUT2D eigenvalue weighted by atomic mass is 9.87. The van der Waals surface area contributed by atoms with E-state index in [9.17, 15) is 18.4 Å². The van der Waals surface area contributed by atoms with E-state index in [-0.39, 0.29) is 31.4 Å². The second-order valence-electron chi connectivity index (χ2n) is 5.09. The summed E-state index contributed by atoms with van der Waals surface area (Å²) in [5.41, 5.74) is -0.209. The third-order valence-corrected chi connectivity index (χ3v) is 3.81. The van der Waals surface area contributed by atoms with Crippen molar-refractivity contribution in [2.45, 2.75) is 25.3 Å². The Morgan fingerprint density at radius 2 is 1.86 bits per heavy atom. The van der Waals surface area contributed by atoms with E-state index >= 15 is 0 Å². The van der Waals surface area contributed by atoms with Gasteiger partial charge in [0.25, 0.3) is 0 Å². The minimum Gasteiger partial charge on any atom is -0.481 e. The maximum absolute atomic E-state index is 13.7. The topological polar surface area (TPSA) is 77.8 Å². The standard InChI is InChI=1S/C14H15F2NO4/c15-11-2-1-3-12(16)10(11)7-9-6-8(13(18)19)4-5-17(9)14(20)21/h1-3,8-9H,4-7H2,(H,18,19)(H,20,21). The highest BCUT2D eigenvalue weighted by Crippen LogP contribution is 2.27. The van der Waals surface area contributed by atoms with E-state index in [0.29, 0.717) is 0 Å². The molecule has 1 heterocycles. The first kappa shape index (κ1) is 15.2. The smallest absolute Gasteiger partial charge is 0.407 e. The van der Waals surface area contributed by atoms with Crippen molar-refractivity contribution in [3.63, 3.8) is 0 Å². The quantitative estimate of drug-likeness (QED) is 0.898. The Bertz CT molecular complexity index is 544. The zero-order chi connectivity index (χ0) is 15.6. The largest absolute Gasteiger partial charge is 0.481 e. The van der Waals surface area contributed by atoms with Crippen LogP contribution >= 0.6 is 0 Å². The molecule has 0 aromatic heterocycles. The number of hydrogen-bond acceptors (Lipinski definition) is 2. The summed E-state index contributed by atoms with van der Waals surface area (Å²) in [6.45, 7) is 0.0486. The van der Waals surface area contributed by atoms with Gasteiger partial charge < -0.3 is 15.1 Å². The molecule has 1 aromatic carbocycles. The number of benzene rings is 1. The van der Waals surface area contributed by atoms with Gasteiger partial charge in [-0.1, -0.05) is 6.07 Å². The van der Waals surface area contributed by atoms with Crippen LogP contribution in [-0.4, -0.2) is 39.8 Å². The number of nitrogens with zero attached hydrogens (tertiary/aromatic N) is 1. The predicted octanol–water partition coefficient (Wildman–Crippen LogP) is 2.35. The van der Waals surface area contributed by atoms with Gasteiger partial charge in [0.05, 0.1) is 5.92 Å². The molecule has 0 radical (unpaired) electrons. The van der Waals surface area contributed by atoms with Gasteiger partial charge >= 0.3 is 12.1 Å². The Hall–Kier alpha value is -2.18. The first-order valence-electron chi connectivity index (χ1n) is 6.55. The maximum Gasteiger partial charge on any atom is 0.407 e. The minimum absolute atomic E-state index is 0.0486. The first-order chi connectivity index (χ1) is 9.90. The summed E-state index contributed by atoms with van der Waals surface area (Å²) >= 11 is 0. The molecule has 0 saturated carbocycles. The Kier molecular flexibility index (Phi) is 4.40. The molecule has 7 heteroatoms. The predicted molar refractivity (Wildman–Crippen MR) is 68.9 cm³/mol. The lowest BCUT2D eigenvalue weighted by molar-refractivity contribution is -0.143. The van der Waals surface area contributed by atoms with Crippen LogP contribution in [0.4, 0.5) is 13.6 Å². The maximum atomic E-state index is 13.7. The Labute approximate surface area is 119 Å². The molecule has 1 aliphatic rings. The van der Waals surface area contributed by atoms with Crippen molar-refractivity contribution in [3.8, 4) is 0 Å². The van der Waals surface area contributed by atoms with E-state index in [1.54, 1.807) is 0 Å². The third-order valence-electron chi connectivity index (χ3n) is 3.81. The van der Waals surface area contributed by atoms with Crippen LogP contribution in [0.25, 0.3) is 0 Å². The number of piperidine rings is 1. The number of likely N-dealkylation sites (tertiary alicyclic amines) is 1. The second-order valence-corrected chi connectivity index (χ2v) is 5.09. The Morgan fingerprint density at radius 3 is 2.38 bits per heavy atom. The van der Waals surface area contributed by atoms with Crippen molar-refractivity contribution >= 4 is 12.1 Å². The van der Waals surface area contributed by atoms with Crippen LogP contribution in [0.5, 0.6) is 0 Å². The summed E-state index contributed by atoms with van der Waals surface area (Å²) in [5.74, 6) is -3.21. The highest BCUT2D eigenvalue weighted by Gasteiger charge is 2.35. The molecule has 0 spiro atoms. The van der Waals surface area contributed by atoms with E-state index in [0.717, 1.165) is 17.0 Å². The fraction of sp³-hybridized carbons (Fsp3) is 0.429. The van der Waals surface area contributed by atoms with Gasteiger partial charge in [0, 0.05) is 18.2 Å². The van der Waals surface area contributed by atoms with Crippen LogP contribution in [0.15, 0.2) is 18.2 Å². The minimum atomic E-state index is -1.21. The summed E-state index contributed by atoms with van der Waals surface area (Å²) in [4.78, 5) is 23.3. The number of hydrogen-bond donors (Lipinski definition) is 2. The molecule has 1 saturated heterocycles. The number of rotatable bonds is 3. The number of amides is 1. The number of carbonyl (C=O) groups is 2. The van der Waals surface area contributed by atoms with Crippen LogP contribution in [0, 0.1) is 17.6 Å². The average molecular weight is 299 g/mol. The molecule has 21 heavy (non-hydrogen) atoms. The van der Waals surface area contributed by atoms with Crippen LogP contribution in [0.2, 0.25) is 0 Å². The summed E-state index contributed by atoms with van der Waals surface area (Å²) in [5, 5.41) is 18.2. The van der Waals surface area contributed by atoms with Crippen molar-refractivity contribution in [2.24, 2.45) is 5.92 Å². The monoisotopic (exact) mass is 299 g/mol. The summed E-state index contributed by atoms with van der Waals surface area (Å²) in [7, 11) is 0. The molecule has 2 N–H and O–H groups in total. The molecular formula is C14H15F2NO4. The summed E-state index contributed by atoms with van der Waals surface area (Å²) in [6, 6.07) is 2.68. The molecule has 2 unspecified atom stereocenters. The average Bonchev–Trinajstić information content (AvgIpc) is 2.42. The van der Waals surface area contributed by atoms with Gasteiger partial charge in [0.2, 0.25) is 0 Å². The van der Waals surface area contributed by atoms with Gasteiger partial charge in [-0.2, -0.15) is 0 Å². The van der Waals surface area contributed by atoms with E-state index in [4.69, 9.17) is 10.2 Å². The first-order valence-corrected chi connectivity index (χ1v) is 6.55. The Balaban J connectivity index is 2.24.